The summed E-state index contributed by atoms with van der Waals surface area (Å²) < 4.78 is 13.2. The molecule has 0 saturated carbocycles. The molecular formula is C21H27NOS. The van der Waals surface area contributed by atoms with Crippen molar-refractivity contribution >= 4 is 27.6 Å². The van der Waals surface area contributed by atoms with Gasteiger partial charge in [0.15, 0.2) is 0 Å². The molecule has 2 aromatic carbocycles. The first kappa shape index (κ1) is 17.4. The van der Waals surface area contributed by atoms with Gasteiger partial charge in [0, 0.05) is 4.90 Å². The van der Waals surface area contributed by atoms with E-state index in [9.17, 15) is 4.21 Å². The highest BCUT2D eigenvalue weighted by Crippen LogP contribution is 2.32. The van der Waals surface area contributed by atoms with Crippen LogP contribution in [0.25, 0.3) is 16.8 Å². The zero-order valence-corrected chi connectivity index (χ0v) is 15.5. The van der Waals surface area contributed by atoms with Crippen molar-refractivity contribution in [2.24, 2.45) is 0 Å². The van der Waals surface area contributed by atoms with Crippen molar-refractivity contribution in [3.05, 3.63) is 47.5 Å². The van der Waals surface area contributed by atoms with Gasteiger partial charge in [0.1, 0.15) is 5.37 Å². The summed E-state index contributed by atoms with van der Waals surface area (Å²) in [5.74, 6) is 0. The molecule has 1 heterocycles. The van der Waals surface area contributed by atoms with Gasteiger partial charge in [0.25, 0.3) is 0 Å². The number of unbranched alkanes of at least 4 members (excludes halogenated alkanes) is 3. The summed E-state index contributed by atoms with van der Waals surface area (Å²) in [6.07, 6.45) is 8.10. The second-order valence-corrected chi connectivity index (χ2v) is 8.01. The van der Waals surface area contributed by atoms with Crippen LogP contribution in [0.1, 0.15) is 51.5 Å². The van der Waals surface area contributed by atoms with E-state index in [2.05, 4.69) is 55.6 Å². The van der Waals surface area contributed by atoms with Gasteiger partial charge in [-0.2, -0.15) is 0 Å². The fourth-order valence-electron chi connectivity index (χ4n) is 3.34. The van der Waals surface area contributed by atoms with Crippen LogP contribution >= 0.6 is 0 Å². The molecule has 0 bridgehead atoms. The third-order valence-corrected chi connectivity index (χ3v) is 6.44. The number of fused-ring (bicyclic) bond motifs is 2. The highest BCUT2D eigenvalue weighted by Gasteiger charge is 2.27. The largest absolute Gasteiger partial charge is 0.299 e. The summed E-state index contributed by atoms with van der Waals surface area (Å²) in [6, 6.07) is 12.6. The molecule has 1 N–H and O–H groups in total. The SMILES string of the molecule is CCCCCCNC1C(CC)=Cc2cc3ccccc3cc2S1=O. The zero-order valence-electron chi connectivity index (χ0n) is 14.7. The Balaban J connectivity index is 1.84. The minimum atomic E-state index is -1.03. The highest BCUT2D eigenvalue weighted by molar-refractivity contribution is 7.86. The van der Waals surface area contributed by atoms with Gasteiger partial charge in [-0.1, -0.05) is 63.5 Å². The average molecular weight is 342 g/mol. The fraction of sp³-hybridized carbons (Fsp3) is 0.429. The molecule has 0 fully saturated rings. The van der Waals surface area contributed by atoms with Crippen LogP contribution in [-0.4, -0.2) is 16.1 Å². The van der Waals surface area contributed by atoms with Crippen molar-refractivity contribution < 1.29 is 4.21 Å². The minimum absolute atomic E-state index is 0.0368. The molecule has 0 amide bonds. The van der Waals surface area contributed by atoms with Crippen LogP contribution in [0.2, 0.25) is 0 Å². The van der Waals surface area contributed by atoms with Gasteiger partial charge >= 0.3 is 0 Å². The van der Waals surface area contributed by atoms with E-state index in [-0.39, 0.29) is 5.37 Å². The van der Waals surface area contributed by atoms with E-state index >= 15 is 0 Å². The predicted molar refractivity (Wildman–Crippen MR) is 105 cm³/mol. The molecule has 128 valence electrons. The Bertz CT molecular complexity index is 766. The first-order chi connectivity index (χ1) is 11.7. The molecule has 0 spiro atoms. The monoisotopic (exact) mass is 341 g/mol. The van der Waals surface area contributed by atoms with Crippen molar-refractivity contribution in [2.45, 2.75) is 56.2 Å². The predicted octanol–water partition coefficient (Wildman–Crippen LogP) is 5.25. The van der Waals surface area contributed by atoms with E-state index in [0.717, 1.165) is 29.8 Å². The van der Waals surface area contributed by atoms with Crippen LogP contribution in [0.3, 0.4) is 0 Å². The van der Waals surface area contributed by atoms with Gasteiger partial charge in [-0.15, -0.1) is 0 Å². The summed E-state index contributed by atoms with van der Waals surface area (Å²) in [5, 5.41) is 5.90. The Morgan fingerprint density at radius 2 is 1.79 bits per heavy atom. The van der Waals surface area contributed by atoms with Crippen molar-refractivity contribution in [1.82, 2.24) is 5.32 Å². The van der Waals surface area contributed by atoms with Crippen molar-refractivity contribution in [3.63, 3.8) is 0 Å². The summed E-state index contributed by atoms with van der Waals surface area (Å²) in [6.45, 7) is 5.32. The van der Waals surface area contributed by atoms with Gasteiger partial charge in [-0.05, 0) is 53.4 Å². The Morgan fingerprint density at radius 1 is 1.04 bits per heavy atom. The molecule has 0 saturated heterocycles. The average Bonchev–Trinajstić information content (AvgIpc) is 2.61. The van der Waals surface area contributed by atoms with Crippen molar-refractivity contribution in [1.29, 1.82) is 0 Å². The molecule has 3 rings (SSSR count). The number of rotatable bonds is 7. The molecular weight excluding hydrogens is 314 g/mol. The van der Waals surface area contributed by atoms with Crippen molar-refractivity contribution in [2.75, 3.05) is 6.54 Å². The highest BCUT2D eigenvalue weighted by atomic mass is 32.2. The van der Waals surface area contributed by atoms with E-state index in [1.807, 2.05) is 6.07 Å². The van der Waals surface area contributed by atoms with E-state index in [4.69, 9.17) is 0 Å². The standard InChI is InChI=1S/C21H27NOS/c1-3-5-6-9-12-22-21-16(4-2)13-19-14-17-10-7-8-11-18(17)15-20(19)24(21)23/h7-8,10-11,13-15,21-22H,3-6,9,12H2,1-2H3. The van der Waals surface area contributed by atoms with E-state index in [1.165, 1.54) is 35.6 Å². The molecule has 24 heavy (non-hydrogen) atoms. The van der Waals surface area contributed by atoms with Crippen LogP contribution in [-0.2, 0) is 10.8 Å². The Hall–Kier alpha value is -1.45. The number of nitrogens with one attached hydrogen (secondary N) is 1. The second kappa shape index (κ2) is 8.09. The van der Waals surface area contributed by atoms with Gasteiger partial charge in [-0.25, -0.2) is 0 Å². The number of benzene rings is 2. The third kappa shape index (κ3) is 3.62. The van der Waals surface area contributed by atoms with E-state index < -0.39 is 10.8 Å². The maximum Gasteiger partial charge on any atom is 0.110 e. The lowest BCUT2D eigenvalue weighted by Crippen LogP contribution is -2.37. The van der Waals surface area contributed by atoms with Crippen LogP contribution < -0.4 is 5.32 Å². The molecule has 2 unspecified atom stereocenters. The molecule has 1 aliphatic rings. The molecule has 0 radical (unpaired) electrons. The lowest BCUT2D eigenvalue weighted by Gasteiger charge is -2.26. The first-order valence-electron chi connectivity index (χ1n) is 9.11. The summed E-state index contributed by atoms with van der Waals surface area (Å²) in [4.78, 5) is 0.969. The summed E-state index contributed by atoms with van der Waals surface area (Å²) >= 11 is 0. The normalized spacial score (nSPS) is 20.0. The molecule has 0 aromatic heterocycles. The lowest BCUT2D eigenvalue weighted by atomic mass is 10.0. The topological polar surface area (TPSA) is 29.1 Å². The Labute approximate surface area is 147 Å². The van der Waals surface area contributed by atoms with Crippen LogP contribution in [0, 0.1) is 0 Å². The maximum atomic E-state index is 13.2. The lowest BCUT2D eigenvalue weighted by molar-refractivity contribution is 0.585. The molecule has 0 aliphatic carbocycles. The van der Waals surface area contributed by atoms with Gasteiger partial charge in [0.05, 0.1) is 10.8 Å². The Morgan fingerprint density at radius 3 is 2.50 bits per heavy atom. The van der Waals surface area contributed by atoms with Crippen LogP contribution in [0.5, 0.6) is 0 Å². The molecule has 1 aliphatic heterocycles. The van der Waals surface area contributed by atoms with Crippen LogP contribution in [0.15, 0.2) is 46.9 Å². The smallest absolute Gasteiger partial charge is 0.110 e. The summed E-state index contributed by atoms with van der Waals surface area (Å²) in [5.41, 5.74) is 2.37. The van der Waals surface area contributed by atoms with Crippen LogP contribution in [0.4, 0.5) is 0 Å². The molecule has 2 nitrogen and oxygen atoms in total. The first-order valence-corrected chi connectivity index (χ1v) is 10.3. The van der Waals surface area contributed by atoms with Gasteiger partial charge in [0.2, 0.25) is 0 Å². The molecule has 2 aromatic rings. The molecule has 2 atom stereocenters. The van der Waals surface area contributed by atoms with E-state index in [0.29, 0.717) is 0 Å². The number of hydrogen-bond donors (Lipinski definition) is 1. The second-order valence-electron chi connectivity index (χ2n) is 6.50. The third-order valence-electron chi connectivity index (χ3n) is 4.75. The Kier molecular flexibility index (Phi) is 5.85. The quantitative estimate of drug-likeness (QED) is 0.697. The molecule has 3 heteroatoms. The summed E-state index contributed by atoms with van der Waals surface area (Å²) in [7, 11) is -1.03. The minimum Gasteiger partial charge on any atom is -0.299 e. The fourth-order valence-corrected chi connectivity index (χ4v) is 4.97. The van der Waals surface area contributed by atoms with Crippen molar-refractivity contribution in [3.8, 4) is 0 Å². The zero-order chi connectivity index (χ0) is 16.9. The number of hydrogen-bond acceptors (Lipinski definition) is 2. The van der Waals surface area contributed by atoms with Gasteiger partial charge < -0.3 is 0 Å². The van der Waals surface area contributed by atoms with Gasteiger partial charge in [-0.3, -0.25) is 9.53 Å². The maximum absolute atomic E-state index is 13.2. The van der Waals surface area contributed by atoms with E-state index in [1.54, 1.807) is 0 Å².